The summed E-state index contributed by atoms with van der Waals surface area (Å²) in [7, 11) is 0. The Kier molecular flexibility index (Phi) is 3.81. The Hall–Kier alpha value is -1.63. The number of hydrogen-bond acceptors (Lipinski definition) is 1. The molecule has 1 heterocycles. The fourth-order valence-corrected chi connectivity index (χ4v) is 2.02. The molecule has 0 unspecified atom stereocenters. The van der Waals surface area contributed by atoms with Crippen molar-refractivity contribution in [3.05, 3.63) is 53.7 Å². The van der Waals surface area contributed by atoms with Crippen molar-refractivity contribution in [2.24, 2.45) is 0 Å². The van der Waals surface area contributed by atoms with Crippen molar-refractivity contribution in [2.45, 2.75) is 39.5 Å². The van der Waals surface area contributed by atoms with E-state index in [1.165, 1.54) is 16.7 Å². The summed E-state index contributed by atoms with van der Waals surface area (Å²) in [6.45, 7) is 8.95. The van der Waals surface area contributed by atoms with Gasteiger partial charge >= 0.3 is 0 Å². The van der Waals surface area contributed by atoms with E-state index in [4.69, 9.17) is 0 Å². The minimum atomic E-state index is 0.547. The molecule has 0 spiro atoms. The van der Waals surface area contributed by atoms with Crippen LogP contribution in [0.1, 0.15) is 50.7 Å². The maximum Gasteiger partial charge on any atom is 0.0702 e. The highest BCUT2D eigenvalue weighted by Crippen LogP contribution is 2.28. The summed E-state index contributed by atoms with van der Waals surface area (Å²) < 4.78 is 0. The third-order valence-corrected chi connectivity index (χ3v) is 3.27. The Morgan fingerprint density at radius 3 is 1.89 bits per heavy atom. The van der Waals surface area contributed by atoms with Gasteiger partial charge in [-0.05, 0) is 47.2 Å². The van der Waals surface area contributed by atoms with Crippen LogP contribution in [-0.4, -0.2) is 4.98 Å². The lowest BCUT2D eigenvalue weighted by Crippen LogP contribution is -1.95. The minimum absolute atomic E-state index is 0.547. The van der Waals surface area contributed by atoms with Gasteiger partial charge in [-0.1, -0.05) is 39.8 Å². The molecule has 0 saturated heterocycles. The number of rotatable bonds is 3. The average Bonchev–Trinajstić information content (AvgIpc) is 2.39. The van der Waals surface area contributed by atoms with Crippen LogP contribution < -0.4 is 0 Å². The molecule has 0 bridgehead atoms. The molecule has 0 aliphatic heterocycles. The molecular weight excluding hydrogens is 218 g/mol. The number of hydrogen-bond donors (Lipinski definition) is 0. The lowest BCUT2D eigenvalue weighted by molar-refractivity contribution is 0.834. The summed E-state index contributed by atoms with van der Waals surface area (Å²) in [5.41, 5.74) is 5.07. The second kappa shape index (κ2) is 5.34. The fraction of sp³-hybridized carbons (Fsp3) is 0.353. The maximum absolute atomic E-state index is 4.45. The summed E-state index contributed by atoms with van der Waals surface area (Å²) in [6, 6.07) is 12.9. The number of aromatic nitrogens is 1. The van der Waals surface area contributed by atoms with Crippen molar-refractivity contribution < 1.29 is 0 Å². The molecule has 0 fully saturated rings. The quantitative estimate of drug-likeness (QED) is 0.735. The zero-order valence-electron chi connectivity index (χ0n) is 11.6. The molecule has 18 heavy (non-hydrogen) atoms. The van der Waals surface area contributed by atoms with Crippen LogP contribution >= 0.6 is 0 Å². The summed E-state index contributed by atoms with van der Waals surface area (Å²) in [5.74, 6) is 1.09. The van der Waals surface area contributed by atoms with E-state index in [9.17, 15) is 0 Å². The molecule has 2 aromatic rings. The zero-order chi connectivity index (χ0) is 13.1. The molecule has 0 amide bonds. The van der Waals surface area contributed by atoms with Gasteiger partial charge in [0.05, 0.1) is 5.69 Å². The Morgan fingerprint density at radius 1 is 0.833 bits per heavy atom. The highest BCUT2D eigenvalue weighted by molar-refractivity contribution is 5.61. The van der Waals surface area contributed by atoms with Crippen molar-refractivity contribution in [3.63, 3.8) is 0 Å². The Bertz CT molecular complexity index is 486. The summed E-state index contributed by atoms with van der Waals surface area (Å²) in [5, 5.41) is 0. The first-order valence-electron chi connectivity index (χ1n) is 6.64. The third kappa shape index (κ3) is 2.79. The molecule has 94 valence electrons. The molecule has 1 aromatic carbocycles. The van der Waals surface area contributed by atoms with Crippen LogP contribution in [0.15, 0.2) is 42.6 Å². The summed E-state index contributed by atoms with van der Waals surface area (Å²) in [6.07, 6.45) is 1.85. The molecule has 1 aromatic heterocycles. The first-order valence-corrected chi connectivity index (χ1v) is 6.64. The van der Waals surface area contributed by atoms with Gasteiger partial charge in [-0.15, -0.1) is 0 Å². The second-order valence-corrected chi connectivity index (χ2v) is 5.41. The van der Waals surface area contributed by atoms with E-state index in [1.807, 2.05) is 18.3 Å². The number of nitrogens with zero attached hydrogens (tertiary/aromatic N) is 1. The van der Waals surface area contributed by atoms with E-state index in [0.717, 1.165) is 5.69 Å². The van der Waals surface area contributed by atoms with Crippen molar-refractivity contribution in [1.82, 2.24) is 4.98 Å². The van der Waals surface area contributed by atoms with Gasteiger partial charge in [0.15, 0.2) is 0 Å². The van der Waals surface area contributed by atoms with Gasteiger partial charge in [-0.25, -0.2) is 0 Å². The molecular formula is C17H21N. The van der Waals surface area contributed by atoms with E-state index in [1.54, 1.807) is 0 Å². The van der Waals surface area contributed by atoms with Crippen LogP contribution in [0.4, 0.5) is 0 Å². The topological polar surface area (TPSA) is 12.9 Å². The van der Waals surface area contributed by atoms with Crippen molar-refractivity contribution in [1.29, 1.82) is 0 Å². The maximum atomic E-state index is 4.45. The van der Waals surface area contributed by atoms with Gasteiger partial charge in [0.1, 0.15) is 0 Å². The number of benzene rings is 1. The summed E-state index contributed by atoms with van der Waals surface area (Å²) in [4.78, 5) is 4.45. The van der Waals surface area contributed by atoms with Crippen molar-refractivity contribution >= 4 is 0 Å². The first-order chi connectivity index (χ1) is 8.58. The molecule has 2 rings (SSSR count). The van der Waals surface area contributed by atoms with E-state index in [-0.39, 0.29) is 0 Å². The molecule has 0 aliphatic rings. The lowest BCUT2D eigenvalue weighted by Gasteiger charge is -2.14. The largest absolute Gasteiger partial charge is 0.256 e. The molecule has 0 aliphatic carbocycles. The Labute approximate surface area is 110 Å². The van der Waals surface area contributed by atoms with Crippen LogP contribution in [-0.2, 0) is 0 Å². The van der Waals surface area contributed by atoms with Crippen LogP contribution in [0.3, 0.4) is 0 Å². The van der Waals surface area contributed by atoms with Crippen LogP contribution in [0.5, 0.6) is 0 Å². The first kappa shape index (κ1) is 12.8. The molecule has 1 nitrogen and oxygen atoms in total. The van der Waals surface area contributed by atoms with Crippen molar-refractivity contribution in [2.75, 3.05) is 0 Å². The monoisotopic (exact) mass is 239 g/mol. The smallest absolute Gasteiger partial charge is 0.0702 e. The molecule has 0 atom stereocenters. The predicted octanol–water partition coefficient (Wildman–Crippen LogP) is 5.00. The minimum Gasteiger partial charge on any atom is -0.256 e. The Morgan fingerprint density at radius 2 is 1.44 bits per heavy atom. The van der Waals surface area contributed by atoms with E-state index in [0.29, 0.717) is 11.8 Å². The van der Waals surface area contributed by atoms with Gasteiger partial charge < -0.3 is 0 Å². The van der Waals surface area contributed by atoms with Crippen LogP contribution in [0.25, 0.3) is 11.3 Å². The van der Waals surface area contributed by atoms with Gasteiger partial charge in [0.25, 0.3) is 0 Å². The van der Waals surface area contributed by atoms with Gasteiger partial charge in [-0.2, -0.15) is 0 Å². The SMILES string of the molecule is CC(C)c1cc(-c2ccccn2)cc(C(C)C)c1. The normalized spacial score (nSPS) is 11.2. The third-order valence-electron chi connectivity index (χ3n) is 3.27. The highest BCUT2D eigenvalue weighted by Gasteiger charge is 2.08. The fourth-order valence-electron chi connectivity index (χ4n) is 2.02. The van der Waals surface area contributed by atoms with Gasteiger partial charge in [-0.3, -0.25) is 4.98 Å². The zero-order valence-corrected chi connectivity index (χ0v) is 11.6. The van der Waals surface area contributed by atoms with Crippen molar-refractivity contribution in [3.8, 4) is 11.3 Å². The predicted molar refractivity (Wildman–Crippen MR) is 77.9 cm³/mol. The van der Waals surface area contributed by atoms with E-state index < -0.39 is 0 Å². The summed E-state index contributed by atoms with van der Waals surface area (Å²) >= 11 is 0. The molecule has 0 N–H and O–H groups in total. The highest BCUT2D eigenvalue weighted by atomic mass is 14.7. The van der Waals surface area contributed by atoms with Crippen LogP contribution in [0.2, 0.25) is 0 Å². The lowest BCUT2D eigenvalue weighted by atomic mass is 9.92. The Balaban J connectivity index is 2.54. The second-order valence-electron chi connectivity index (χ2n) is 5.41. The van der Waals surface area contributed by atoms with Gasteiger partial charge in [0, 0.05) is 11.8 Å². The molecule has 0 saturated carbocycles. The number of pyridine rings is 1. The molecule has 0 radical (unpaired) electrons. The van der Waals surface area contributed by atoms with E-state index in [2.05, 4.69) is 56.9 Å². The van der Waals surface area contributed by atoms with Crippen LogP contribution in [0, 0.1) is 0 Å². The van der Waals surface area contributed by atoms with E-state index >= 15 is 0 Å². The van der Waals surface area contributed by atoms with Gasteiger partial charge in [0.2, 0.25) is 0 Å². The standard InChI is InChI=1S/C17H21N/c1-12(2)14-9-15(13(3)4)11-16(10-14)17-7-5-6-8-18-17/h5-13H,1-4H3. The average molecular weight is 239 g/mol. The molecule has 1 heteroatoms.